The number of pyridine rings is 1. The first-order valence-corrected chi connectivity index (χ1v) is 9.79. The summed E-state index contributed by atoms with van der Waals surface area (Å²) in [6, 6.07) is 10.8. The molecule has 0 unspecified atom stereocenters. The van der Waals surface area contributed by atoms with Crippen LogP contribution in [0.25, 0.3) is 11.3 Å². The van der Waals surface area contributed by atoms with Crippen molar-refractivity contribution in [3.05, 3.63) is 71.1 Å². The minimum atomic E-state index is -0.136. The fourth-order valence-electron chi connectivity index (χ4n) is 3.45. The SMILES string of the molecule is O=C(NC1CCN(C(=O)c2cn[nH]c2-c2ccc(Cl)cc2)CC1)c1cccnc1. The molecule has 2 N–H and O–H groups in total. The number of halogens is 1. The van der Waals surface area contributed by atoms with Gasteiger partial charge in [0, 0.05) is 42.1 Å². The molecule has 3 aromatic rings. The molecular formula is C21H20ClN5O2. The van der Waals surface area contributed by atoms with Crippen LogP contribution in [0.15, 0.2) is 55.0 Å². The quantitative estimate of drug-likeness (QED) is 0.692. The Hall–Kier alpha value is -3.19. The second-order valence-electron chi connectivity index (χ2n) is 6.95. The van der Waals surface area contributed by atoms with Gasteiger partial charge in [-0.3, -0.25) is 19.7 Å². The van der Waals surface area contributed by atoms with Crippen molar-refractivity contribution in [3.8, 4) is 11.3 Å². The third kappa shape index (κ3) is 4.30. The Morgan fingerprint density at radius 2 is 1.86 bits per heavy atom. The lowest BCUT2D eigenvalue weighted by Crippen LogP contribution is -2.46. The number of nitrogens with zero attached hydrogens (tertiary/aromatic N) is 3. The van der Waals surface area contributed by atoms with Crippen molar-refractivity contribution in [2.75, 3.05) is 13.1 Å². The van der Waals surface area contributed by atoms with E-state index in [1.165, 1.54) is 0 Å². The maximum Gasteiger partial charge on any atom is 0.257 e. The zero-order chi connectivity index (χ0) is 20.2. The summed E-state index contributed by atoms with van der Waals surface area (Å²) >= 11 is 5.95. The number of carbonyl (C=O) groups excluding carboxylic acids is 2. The fourth-order valence-corrected chi connectivity index (χ4v) is 3.57. The van der Waals surface area contributed by atoms with Gasteiger partial charge >= 0.3 is 0 Å². The predicted molar refractivity (Wildman–Crippen MR) is 110 cm³/mol. The number of H-pyrrole nitrogens is 1. The number of carbonyl (C=O) groups is 2. The van der Waals surface area contributed by atoms with Crippen LogP contribution in [-0.4, -0.2) is 51.0 Å². The summed E-state index contributed by atoms with van der Waals surface area (Å²) in [7, 11) is 0. The molecule has 148 valence electrons. The number of rotatable bonds is 4. The molecule has 7 nitrogen and oxygen atoms in total. The monoisotopic (exact) mass is 409 g/mol. The number of benzene rings is 1. The molecule has 1 saturated heterocycles. The van der Waals surface area contributed by atoms with Crippen LogP contribution in [0.1, 0.15) is 33.6 Å². The standard InChI is InChI=1S/C21H20ClN5O2/c22-16-5-3-14(4-6-16)19-18(13-24-26-19)21(29)27-10-7-17(8-11-27)25-20(28)15-2-1-9-23-12-15/h1-6,9,12-13,17H,7-8,10-11H2,(H,24,26)(H,25,28). The largest absolute Gasteiger partial charge is 0.349 e. The second kappa shape index (κ2) is 8.45. The van der Waals surface area contributed by atoms with Crippen LogP contribution >= 0.6 is 11.6 Å². The highest BCUT2D eigenvalue weighted by Crippen LogP contribution is 2.25. The molecule has 0 aliphatic carbocycles. The number of aromatic amines is 1. The minimum Gasteiger partial charge on any atom is -0.349 e. The van der Waals surface area contributed by atoms with Gasteiger partial charge in [-0.05, 0) is 37.1 Å². The van der Waals surface area contributed by atoms with E-state index < -0.39 is 0 Å². The number of nitrogens with one attached hydrogen (secondary N) is 2. The van der Waals surface area contributed by atoms with Crippen molar-refractivity contribution in [2.24, 2.45) is 0 Å². The molecule has 2 aromatic heterocycles. The Morgan fingerprint density at radius 1 is 1.10 bits per heavy atom. The van der Waals surface area contributed by atoms with Crippen LogP contribution in [0.5, 0.6) is 0 Å². The van der Waals surface area contributed by atoms with E-state index in [1.807, 2.05) is 12.1 Å². The lowest BCUT2D eigenvalue weighted by molar-refractivity contribution is 0.0699. The first kappa shape index (κ1) is 19.1. The van der Waals surface area contributed by atoms with Crippen molar-refractivity contribution in [2.45, 2.75) is 18.9 Å². The average molecular weight is 410 g/mol. The first-order valence-electron chi connectivity index (χ1n) is 9.41. The average Bonchev–Trinajstić information content (AvgIpc) is 3.25. The summed E-state index contributed by atoms with van der Waals surface area (Å²) in [5.41, 5.74) is 2.61. The number of hydrogen-bond acceptors (Lipinski definition) is 4. The van der Waals surface area contributed by atoms with Gasteiger partial charge in [-0.25, -0.2) is 0 Å². The lowest BCUT2D eigenvalue weighted by atomic mass is 10.0. The summed E-state index contributed by atoms with van der Waals surface area (Å²) in [6.07, 6.45) is 6.14. The maximum atomic E-state index is 13.0. The third-order valence-corrected chi connectivity index (χ3v) is 5.30. The number of aromatic nitrogens is 3. The maximum absolute atomic E-state index is 13.0. The van der Waals surface area contributed by atoms with Crippen LogP contribution < -0.4 is 5.32 Å². The Balaban J connectivity index is 1.38. The van der Waals surface area contributed by atoms with E-state index in [1.54, 1.807) is 47.8 Å². The van der Waals surface area contributed by atoms with E-state index >= 15 is 0 Å². The number of piperidine rings is 1. The van der Waals surface area contributed by atoms with Crippen molar-refractivity contribution < 1.29 is 9.59 Å². The third-order valence-electron chi connectivity index (χ3n) is 5.04. The summed E-state index contributed by atoms with van der Waals surface area (Å²) in [4.78, 5) is 31.1. The van der Waals surface area contributed by atoms with Gasteiger partial charge in [0.2, 0.25) is 0 Å². The lowest BCUT2D eigenvalue weighted by Gasteiger charge is -2.32. The van der Waals surface area contributed by atoms with Crippen LogP contribution in [0, 0.1) is 0 Å². The van der Waals surface area contributed by atoms with Gasteiger partial charge < -0.3 is 10.2 Å². The van der Waals surface area contributed by atoms with E-state index in [0.29, 0.717) is 47.8 Å². The van der Waals surface area contributed by atoms with Crippen LogP contribution in [0.3, 0.4) is 0 Å². The van der Waals surface area contributed by atoms with Gasteiger partial charge in [0.25, 0.3) is 11.8 Å². The first-order chi connectivity index (χ1) is 14.1. The molecular weight excluding hydrogens is 390 g/mol. The molecule has 0 spiro atoms. The predicted octanol–water partition coefficient (Wildman–Crippen LogP) is 3.16. The number of likely N-dealkylation sites (tertiary alicyclic amines) is 1. The molecule has 1 aliphatic heterocycles. The Bertz CT molecular complexity index is 995. The Kier molecular flexibility index (Phi) is 5.57. The van der Waals surface area contributed by atoms with Crippen molar-refractivity contribution in [3.63, 3.8) is 0 Å². The zero-order valence-electron chi connectivity index (χ0n) is 15.6. The summed E-state index contributed by atoms with van der Waals surface area (Å²) in [5.74, 6) is -0.205. The van der Waals surface area contributed by atoms with E-state index in [4.69, 9.17) is 11.6 Å². The fraction of sp³-hybridized carbons (Fsp3) is 0.238. The molecule has 0 atom stereocenters. The zero-order valence-corrected chi connectivity index (χ0v) is 16.4. The molecule has 0 bridgehead atoms. The van der Waals surface area contributed by atoms with Crippen LogP contribution in [0.2, 0.25) is 5.02 Å². The topological polar surface area (TPSA) is 91.0 Å². The molecule has 3 heterocycles. The van der Waals surface area contributed by atoms with Gasteiger partial charge in [0.05, 0.1) is 23.0 Å². The van der Waals surface area contributed by atoms with Gasteiger partial charge in [0.1, 0.15) is 0 Å². The van der Waals surface area contributed by atoms with Crippen molar-refractivity contribution >= 4 is 23.4 Å². The molecule has 29 heavy (non-hydrogen) atoms. The normalized spacial score (nSPS) is 14.6. The smallest absolute Gasteiger partial charge is 0.257 e. The highest BCUT2D eigenvalue weighted by molar-refractivity contribution is 6.30. The number of hydrogen-bond donors (Lipinski definition) is 2. The molecule has 4 rings (SSSR count). The van der Waals surface area contributed by atoms with Crippen molar-refractivity contribution in [1.82, 2.24) is 25.4 Å². The Morgan fingerprint density at radius 3 is 2.55 bits per heavy atom. The molecule has 0 saturated carbocycles. The molecule has 8 heteroatoms. The van der Waals surface area contributed by atoms with E-state index in [9.17, 15) is 9.59 Å². The minimum absolute atomic E-state index is 0.0341. The summed E-state index contributed by atoms with van der Waals surface area (Å²) < 4.78 is 0. The number of amides is 2. The van der Waals surface area contributed by atoms with E-state index in [-0.39, 0.29) is 17.9 Å². The van der Waals surface area contributed by atoms with Gasteiger partial charge in [-0.2, -0.15) is 5.10 Å². The molecule has 1 aromatic carbocycles. The molecule has 2 amide bonds. The molecule has 1 aliphatic rings. The Labute approximate surface area is 173 Å². The highest BCUT2D eigenvalue weighted by Gasteiger charge is 2.27. The van der Waals surface area contributed by atoms with Crippen molar-refractivity contribution in [1.29, 1.82) is 0 Å². The highest BCUT2D eigenvalue weighted by atomic mass is 35.5. The van der Waals surface area contributed by atoms with Crippen LogP contribution in [-0.2, 0) is 0 Å². The van der Waals surface area contributed by atoms with Gasteiger partial charge in [-0.1, -0.05) is 23.7 Å². The summed E-state index contributed by atoms with van der Waals surface area (Å²) in [5, 5.41) is 10.6. The summed E-state index contributed by atoms with van der Waals surface area (Å²) in [6.45, 7) is 1.14. The molecule has 0 radical (unpaired) electrons. The van der Waals surface area contributed by atoms with Gasteiger partial charge in [0.15, 0.2) is 0 Å². The molecule has 1 fully saturated rings. The van der Waals surface area contributed by atoms with E-state index in [0.717, 1.165) is 5.56 Å². The second-order valence-corrected chi connectivity index (χ2v) is 7.38. The van der Waals surface area contributed by atoms with E-state index in [2.05, 4.69) is 20.5 Å². The van der Waals surface area contributed by atoms with Crippen LogP contribution in [0.4, 0.5) is 0 Å². The van der Waals surface area contributed by atoms with Gasteiger partial charge in [-0.15, -0.1) is 0 Å².